The van der Waals surface area contributed by atoms with Crippen molar-refractivity contribution in [2.24, 2.45) is 11.3 Å². The molecule has 7 heteroatoms. The van der Waals surface area contributed by atoms with Gasteiger partial charge in [-0.1, -0.05) is 40.0 Å². The summed E-state index contributed by atoms with van der Waals surface area (Å²) in [6, 6.07) is 0. The number of carbonyl (C=O) groups excluding carboxylic acids is 2. The highest BCUT2D eigenvalue weighted by Crippen LogP contribution is 2.38. The first-order valence-electron chi connectivity index (χ1n) is 8.65. The number of carboxylic acids is 1. The van der Waals surface area contributed by atoms with E-state index in [0.29, 0.717) is 6.42 Å². The number of hydrogen-bond acceptors (Lipinski definition) is 5. The van der Waals surface area contributed by atoms with E-state index < -0.39 is 29.7 Å². The summed E-state index contributed by atoms with van der Waals surface area (Å²) >= 11 is 0. The van der Waals surface area contributed by atoms with Crippen LogP contribution in [0.25, 0.3) is 0 Å². The van der Waals surface area contributed by atoms with Gasteiger partial charge in [-0.3, -0.25) is 9.59 Å². The van der Waals surface area contributed by atoms with Crippen molar-refractivity contribution in [2.45, 2.75) is 72.0 Å². The molecule has 7 nitrogen and oxygen atoms in total. The van der Waals surface area contributed by atoms with Crippen molar-refractivity contribution in [1.29, 1.82) is 0 Å². The van der Waals surface area contributed by atoms with E-state index >= 15 is 0 Å². The van der Waals surface area contributed by atoms with Crippen LogP contribution in [-0.2, 0) is 19.1 Å². The van der Waals surface area contributed by atoms with Crippen molar-refractivity contribution in [1.82, 2.24) is 5.32 Å². The molecule has 0 bridgehead atoms. The van der Waals surface area contributed by atoms with E-state index in [1.807, 2.05) is 0 Å². The smallest absolute Gasteiger partial charge is 0.410 e. The standard InChI is InChI=1S/C17H29NO6/c1-4-14(23-15(21)12(2)3)24-16(22)18-11-17(10-13(19)20)8-6-5-7-9-17/h12,14H,4-11H2,1-3H3,(H,18,22)(H,19,20). The molecule has 1 aliphatic rings. The van der Waals surface area contributed by atoms with Gasteiger partial charge in [0.2, 0.25) is 6.29 Å². The lowest BCUT2D eigenvalue weighted by atomic mass is 9.72. The summed E-state index contributed by atoms with van der Waals surface area (Å²) in [5.41, 5.74) is -0.417. The van der Waals surface area contributed by atoms with Crippen molar-refractivity contribution in [2.75, 3.05) is 6.54 Å². The van der Waals surface area contributed by atoms with Gasteiger partial charge < -0.3 is 19.9 Å². The summed E-state index contributed by atoms with van der Waals surface area (Å²) in [4.78, 5) is 34.7. The molecule has 1 aliphatic carbocycles. The number of alkyl carbamates (subject to hydrolysis) is 1. The largest absolute Gasteiger partial charge is 0.481 e. The van der Waals surface area contributed by atoms with Crippen LogP contribution in [0.5, 0.6) is 0 Å². The highest BCUT2D eigenvalue weighted by Gasteiger charge is 2.35. The minimum Gasteiger partial charge on any atom is -0.481 e. The Morgan fingerprint density at radius 1 is 1.12 bits per heavy atom. The van der Waals surface area contributed by atoms with Crippen LogP contribution in [0.15, 0.2) is 0 Å². The predicted molar refractivity (Wildman–Crippen MR) is 87.3 cm³/mol. The average molecular weight is 343 g/mol. The summed E-state index contributed by atoms with van der Waals surface area (Å²) < 4.78 is 10.2. The molecule has 1 unspecified atom stereocenters. The Morgan fingerprint density at radius 3 is 2.25 bits per heavy atom. The molecule has 1 amide bonds. The Morgan fingerprint density at radius 2 is 1.75 bits per heavy atom. The second-order valence-electron chi connectivity index (χ2n) is 6.82. The van der Waals surface area contributed by atoms with Crippen LogP contribution in [-0.4, -0.2) is 36.0 Å². The quantitative estimate of drug-likeness (QED) is 0.519. The molecular weight excluding hydrogens is 314 g/mol. The minimum atomic E-state index is -0.929. The van der Waals surface area contributed by atoms with Crippen molar-refractivity contribution < 1.29 is 29.0 Å². The fraction of sp³-hybridized carbons (Fsp3) is 0.824. The van der Waals surface area contributed by atoms with E-state index in [9.17, 15) is 14.4 Å². The van der Waals surface area contributed by atoms with Crippen LogP contribution < -0.4 is 5.32 Å². The first-order chi connectivity index (χ1) is 11.3. The number of rotatable bonds is 8. The Balaban J connectivity index is 2.52. The van der Waals surface area contributed by atoms with E-state index in [1.165, 1.54) is 0 Å². The Labute approximate surface area is 143 Å². The number of hydrogen-bond donors (Lipinski definition) is 2. The lowest BCUT2D eigenvalue weighted by Crippen LogP contribution is -2.42. The monoisotopic (exact) mass is 343 g/mol. The van der Waals surface area contributed by atoms with Gasteiger partial charge in [-0.15, -0.1) is 0 Å². The minimum absolute atomic E-state index is 0.0345. The van der Waals surface area contributed by atoms with E-state index in [-0.39, 0.29) is 18.9 Å². The number of ether oxygens (including phenoxy) is 2. The zero-order chi connectivity index (χ0) is 18.2. The third-order valence-electron chi connectivity index (χ3n) is 4.34. The number of nitrogens with one attached hydrogen (secondary N) is 1. The van der Waals surface area contributed by atoms with Gasteiger partial charge in [0.15, 0.2) is 0 Å². The molecule has 0 saturated heterocycles. The van der Waals surface area contributed by atoms with Gasteiger partial charge in [-0.05, 0) is 18.3 Å². The van der Waals surface area contributed by atoms with Crippen molar-refractivity contribution >= 4 is 18.0 Å². The molecule has 2 N–H and O–H groups in total. The van der Waals surface area contributed by atoms with Gasteiger partial charge >= 0.3 is 18.0 Å². The van der Waals surface area contributed by atoms with E-state index in [1.54, 1.807) is 20.8 Å². The molecule has 1 rings (SSSR count). The van der Waals surface area contributed by atoms with Crippen LogP contribution in [0.1, 0.15) is 65.7 Å². The van der Waals surface area contributed by atoms with E-state index in [2.05, 4.69) is 5.32 Å². The van der Waals surface area contributed by atoms with Gasteiger partial charge in [0.1, 0.15) is 0 Å². The molecule has 0 spiro atoms. The third kappa shape index (κ3) is 6.76. The molecule has 0 radical (unpaired) electrons. The van der Waals surface area contributed by atoms with Gasteiger partial charge in [-0.25, -0.2) is 4.79 Å². The molecule has 0 aliphatic heterocycles. The SMILES string of the molecule is CCC(OC(=O)NCC1(CC(=O)O)CCCCC1)OC(=O)C(C)C. The maximum Gasteiger partial charge on any atom is 0.410 e. The lowest BCUT2D eigenvalue weighted by Gasteiger charge is -2.36. The number of carboxylic acid groups (broad SMARTS) is 1. The van der Waals surface area contributed by atoms with Crippen molar-refractivity contribution in [3.63, 3.8) is 0 Å². The molecule has 1 fully saturated rings. The summed E-state index contributed by atoms with van der Waals surface area (Å²) in [6.07, 6.45) is 3.35. The van der Waals surface area contributed by atoms with Crippen LogP contribution in [0.4, 0.5) is 4.79 Å². The molecule has 138 valence electrons. The lowest BCUT2D eigenvalue weighted by molar-refractivity contribution is -0.172. The zero-order valence-corrected chi connectivity index (χ0v) is 14.8. The Hall–Kier alpha value is -1.79. The molecular formula is C17H29NO6. The summed E-state index contributed by atoms with van der Waals surface area (Å²) in [5, 5.41) is 11.8. The van der Waals surface area contributed by atoms with Gasteiger partial charge in [0.25, 0.3) is 0 Å². The second-order valence-corrected chi connectivity index (χ2v) is 6.82. The first kappa shape index (κ1) is 20.3. The van der Waals surface area contributed by atoms with Crippen LogP contribution in [0.3, 0.4) is 0 Å². The summed E-state index contributed by atoms with van der Waals surface area (Å²) in [6.45, 7) is 5.41. The maximum atomic E-state index is 12.0. The molecule has 0 aromatic rings. The number of amides is 1. The molecule has 1 atom stereocenters. The predicted octanol–water partition coefficient (Wildman–Crippen LogP) is 3.07. The van der Waals surface area contributed by atoms with Crippen LogP contribution in [0.2, 0.25) is 0 Å². The fourth-order valence-electron chi connectivity index (χ4n) is 2.92. The topological polar surface area (TPSA) is 102 Å². The van der Waals surface area contributed by atoms with Crippen LogP contribution >= 0.6 is 0 Å². The fourth-order valence-corrected chi connectivity index (χ4v) is 2.92. The highest BCUT2D eigenvalue weighted by molar-refractivity contribution is 5.72. The van der Waals surface area contributed by atoms with Gasteiger partial charge in [0.05, 0.1) is 12.3 Å². The molecule has 0 aromatic carbocycles. The second kappa shape index (κ2) is 9.49. The van der Waals surface area contributed by atoms with Crippen LogP contribution in [0, 0.1) is 11.3 Å². The van der Waals surface area contributed by atoms with Gasteiger partial charge in [-0.2, -0.15) is 0 Å². The van der Waals surface area contributed by atoms with Gasteiger partial charge in [0, 0.05) is 13.0 Å². The zero-order valence-electron chi connectivity index (χ0n) is 14.8. The van der Waals surface area contributed by atoms with E-state index in [0.717, 1.165) is 32.1 Å². The Kier molecular flexibility index (Phi) is 8.01. The number of aliphatic carboxylic acids is 1. The Bertz CT molecular complexity index is 442. The first-order valence-corrected chi connectivity index (χ1v) is 8.65. The van der Waals surface area contributed by atoms with E-state index in [4.69, 9.17) is 14.6 Å². The number of carbonyl (C=O) groups is 3. The highest BCUT2D eigenvalue weighted by atomic mass is 16.7. The number of esters is 1. The average Bonchev–Trinajstić information content (AvgIpc) is 2.52. The molecule has 0 aromatic heterocycles. The molecule has 1 saturated carbocycles. The maximum absolute atomic E-state index is 12.0. The third-order valence-corrected chi connectivity index (χ3v) is 4.34. The molecule has 0 heterocycles. The summed E-state index contributed by atoms with van der Waals surface area (Å²) in [5.74, 6) is -1.58. The van der Waals surface area contributed by atoms with Crippen molar-refractivity contribution in [3.05, 3.63) is 0 Å². The molecule has 24 heavy (non-hydrogen) atoms. The summed E-state index contributed by atoms with van der Waals surface area (Å²) in [7, 11) is 0. The normalized spacial score (nSPS) is 17.8. The van der Waals surface area contributed by atoms with Crippen molar-refractivity contribution in [3.8, 4) is 0 Å².